The predicted octanol–water partition coefficient (Wildman–Crippen LogP) is 3.73. The lowest BCUT2D eigenvalue weighted by Gasteiger charge is -2.15. The summed E-state index contributed by atoms with van der Waals surface area (Å²) in [5.74, 6) is 3.12. The summed E-state index contributed by atoms with van der Waals surface area (Å²) in [4.78, 5) is 4.30. The van der Waals surface area contributed by atoms with E-state index < -0.39 is 0 Å². The Morgan fingerprint density at radius 1 is 0.759 bits per heavy atom. The number of hydrogen-bond donors (Lipinski definition) is 2. The summed E-state index contributed by atoms with van der Waals surface area (Å²) in [7, 11) is 6.73. The standard InChI is InChI=1S/C23H27N3O3/c1-24-23(26-15-19-8-10-21(28-3)13-22(19)29-4)25-14-16-5-6-18-12-20(27-2)9-7-17(18)11-16/h5-13H,14-15H2,1-4H3,(H2,24,25,26). The van der Waals surface area contributed by atoms with Gasteiger partial charge < -0.3 is 24.8 Å². The normalized spacial score (nSPS) is 11.2. The van der Waals surface area contributed by atoms with E-state index in [0.717, 1.165) is 34.2 Å². The minimum Gasteiger partial charge on any atom is -0.497 e. The average Bonchev–Trinajstić information content (AvgIpc) is 2.78. The first-order valence-electron chi connectivity index (χ1n) is 9.39. The molecule has 0 bridgehead atoms. The number of aliphatic imine (C=N–C) groups is 1. The highest BCUT2D eigenvalue weighted by Gasteiger charge is 2.07. The molecule has 6 nitrogen and oxygen atoms in total. The van der Waals surface area contributed by atoms with E-state index in [1.165, 1.54) is 10.9 Å². The van der Waals surface area contributed by atoms with Crippen LogP contribution >= 0.6 is 0 Å². The number of rotatable bonds is 7. The van der Waals surface area contributed by atoms with E-state index in [2.05, 4.69) is 39.9 Å². The molecule has 0 aliphatic heterocycles. The molecule has 0 saturated carbocycles. The third kappa shape index (κ3) is 5.10. The third-order valence-corrected chi connectivity index (χ3v) is 4.74. The van der Waals surface area contributed by atoms with Crippen molar-refractivity contribution < 1.29 is 14.2 Å². The quantitative estimate of drug-likeness (QED) is 0.473. The van der Waals surface area contributed by atoms with Crippen molar-refractivity contribution in [3.8, 4) is 17.2 Å². The topological polar surface area (TPSA) is 64.1 Å². The van der Waals surface area contributed by atoms with Crippen LogP contribution in [0.3, 0.4) is 0 Å². The van der Waals surface area contributed by atoms with E-state index in [1.54, 1.807) is 28.4 Å². The number of fused-ring (bicyclic) bond motifs is 1. The van der Waals surface area contributed by atoms with Gasteiger partial charge in [0, 0.05) is 31.8 Å². The first kappa shape index (κ1) is 20.3. The van der Waals surface area contributed by atoms with Crippen molar-refractivity contribution in [3.05, 3.63) is 65.7 Å². The molecule has 3 aromatic carbocycles. The van der Waals surface area contributed by atoms with E-state index in [-0.39, 0.29) is 0 Å². The Morgan fingerprint density at radius 2 is 1.41 bits per heavy atom. The lowest BCUT2D eigenvalue weighted by atomic mass is 10.1. The van der Waals surface area contributed by atoms with Crippen molar-refractivity contribution >= 4 is 16.7 Å². The molecular formula is C23H27N3O3. The summed E-state index contributed by atoms with van der Waals surface area (Å²) in [6.45, 7) is 1.26. The number of guanidine groups is 1. The zero-order valence-electron chi connectivity index (χ0n) is 17.3. The van der Waals surface area contributed by atoms with Gasteiger partial charge in [0.1, 0.15) is 17.2 Å². The Balaban J connectivity index is 1.61. The monoisotopic (exact) mass is 393 g/mol. The highest BCUT2D eigenvalue weighted by atomic mass is 16.5. The highest BCUT2D eigenvalue weighted by Crippen LogP contribution is 2.24. The molecule has 3 aromatic rings. The summed E-state index contributed by atoms with van der Waals surface area (Å²) in [6, 6.07) is 18.2. The van der Waals surface area contributed by atoms with Gasteiger partial charge in [-0.1, -0.05) is 18.2 Å². The maximum absolute atomic E-state index is 5.45. The van der Waals surface area contributed by atoms with Gasteiger partial charge in [-0.25, -0.2) is 0 Å². The molecule has 0 spiro atoms. The second-order valence-corrected chi connectivity index (χ2v) is 6.50. The Bertz CT molecular complexity index is 1000. The summed E-state index contributed by atoms with van der Waals surface area (Å²) in [5.41, 5.74) is 2.20. The van der Waals surface area contributed by atoms with Crippen LogP contribution in [0.2, 0.25) is 0 Å². The molecule has 152 valence electrons. The molecule has 0 radical (unpaired) electrons. The van der Waals surface area contributed by atoms with E-state index >= 15 is 0 Å². The molecule has 0 aromatic heterocycles. The molecule has 0 saturated heterocycles. The Hall–Kier alpha value is -3.41. The van der Waals surface area contributed by atoms with Gasteiger partial charge in [-0.2, -0.15) is 0 Å². The molecule has 0 atom stereocenters. The van der Waals surface area contributed by atoms with Gasteiger partial charge in [-0.3, -0.25) is 4.99 Å². The van der Waals surface area contributed by atoms with Crippen molar-refractivity contribution in [3.63, 3.8) is 0 Å². The minimum atomic E-state index is 0.588. The van der Waals surface area contributed by atoms with Gasteiger partial charge in [0.2, 0.25) is 0 Å². The van der Waals surface area contributed by atoms with Crippen LogP contribution in [-0.2, 0) is 13.1 Å². The van der Waals surface area contributed by atoms with Gasteiger partial charge in [-0.15, -0.1) is 0 Å². The predicted molar refractivity (Wildman–Crippen MR) is 117 cm³/mol. The van der Waals surface area contributed by atoms with Gasteiger partial charge in [0.05, 0.1) is 21.3 Å². The SMILES string of the molecule is CN=C(NCc1ccc2cc(OC)ccc2c1)NCc1ccc(OC)cc1OC. The zero-order valence-corrected chi connectivity index (χ0v) is 17.3. The van der Waals surface area contributed by atoms with Crippen LogP contribution in [-0.4, -0.2) is 34.3 Å². The van der Waals surface area contributed by atoms with E-state index in [0.29, 0.717) is 13.1 Å². The zero-order chi connectivity index (χ0) is 20.6. The number of nitrogens with one attached hydrogen (secondary N) is 2. The van der Waals surface area contributed by atoms with Gasteiger partial charge >= 0.3 is 0 Å². The lowest BCUT2D eigenvalue weighted by molar-refractivity contribution is 0.390. The number of methoxy groups -OCH3 is 3. The maximum Gasteiger partial charge on any atom is 0.191 e. The fourth-order valence-corrected chi connectivity index (χ4v) is 3.09. The van der Waals surface area contributed by atoms with Crippen LogP contribution in [0.15, 0.2) is 59.6 Å². The molecular weight excluding hydrogens is 366 g/mol. The largest absolute Gasteiger partial charge is 0.497 e. The van der Waals surface area contributed by atoms with Gasteiger partial charge in [0.15, 0.2) is 5.96 Å². The van der Waals surface area contributed by atoms with Crippen LogP contribution in [0.5, 0.6) is 17.2 Å². The molecule has 29 heavy (non-hydrogen) atoms. The second-order valence-electron chi connectivity index (χ2n) is 6.50. The molecule has 0 aliphatic carbocycles. The lowest BCUT2D eigenvalue weighted by Crippen LogP contribution is -2.36. The molecule has 0 fully saturated rings. The third-order valence-electron chi connectivity index (χ3n) is 4.74. The van der Waals surface area contributed by atoms with Crippen molar-refractivity contribution in [1.29, 1.82) is 0 Å². The van der Waals surface area contributed by atoms with E-state index in [9.17, 15) is 0 Å². The van der Waals surface area contributed by atoms with Crippen molar-refractivity contribution in [2.45, 2.75) is 13.1 Å². The van der Waals surface area contributed by atoms with Gasteiger partial charge in [0.25, 0.3) is 0 Å². The smallest absolute Gasteiger partial charge is 0.191 e. The minimum absolute atomic E-state index is 0.588. The fraction of sp³-hybridized carbons (Fsp3) is 0.261. The molecule has 6 heteroatoms. The summed E-state index contributed by atoms with van der Waals surface area (Å²) in [5, 5.41) is 9.01. The number of benzene rings is 3. The first-order chi connectivity index (χ1) is 14.2. The molecule has 2 N–H and O–H groups in total. The van der Waals surface area contributed by atoms with Crippen molar-refractivity contribution in [2.24, 2.45) is 4.99 Å². The van der Waals surface area contributed by atoms with Crippen LogP contribution < -0.4 is 24.8 Å². The van der Waals surface area contributed by atoms with Crippen molar-refractivity contribution in [2.75, 3.05) is 28.4 Å². The van der Waals surface area contributed by atoms with Gasteiger partial charge in [-0.05, 0) is 46.7 Å². The molecule has 3 rings (SSSR count). The van der Waals surface area contributed by atoms with Crippen molar-refractivity contribution in [1.82, 2.24) is 10.6 Å². The maximum atomic E-state index is 5.45. The molecule has 0 unspecified atom stereocenters. The average molecular weight is 393 g/mol. The van der Waals surface area contributed by atoms with Crippen LogP contribution in [0.1, 0.15) is 11.1 Å². The Morgan fingerprint density at radius 3 is 2.14 bits per heavy atom. The first-order valence-corrected chi connectivity index (χ1v) is 9.39. The summed E-state index contributed by atoms with van der Waals surface area (Å²) >= 11 is 0. The number of hydrogen-bond acceptors (Lipinski definition) is 4. The van der Waals surface area contributed by atoms with Crippen LogP contribution in [0.4, 0.5) is 0 Å². The Kier molecular flexibility index (Phi) is 6.79. The van der Waals surface area contributed by atoms with E-state index in [4.69, 9.17) is 14.2 Å². The highest BCUT2D eigenvalue weighted by molar-refractivity contribution is 5.85. The number of ether oxygens (including phenoxy) is 3. The summed E-state index contributed by atoms with van der Waals surface area (Å²) in [6.07, 6.45) is 0. The fourth-order valence-electron chi connectivity index (χ4n) is 3.09. The van der Waals surface area contributed by atoms with E-state index in [1.807, 2.05) is 30.3 Å². The van der Waals surface area contributed by atoms with Crippen LogP contribution in [0, 0.1) is 0 Å². The molecule has 0 amide bonds. The second kappa shape index (κ2) is 9.68. The Labute approximate surface area is 171 Å². The molecule has 0 heterocycles. The summed E-state index contributed by atoms with van der Waals surface area (Å²) < 4.78 is 16.0. The molecule has 0 aliphatic rings. The van der Waals surface area contributed by atoms with Crippen LogP contribution in [0.25, 0.3) is 10.8 Å². The number of nitrogens with zero attached hydrogens (tertiary/aromatic N) is 1.